The van der Waals surface area contributed by atoms with E-state index in [4.69, 9.17) is 19.8 Å². The predicted octanol–water partition coefficient (Wildman–Crippen LogP) is 2.06. The molecule has 1 aliphatic rings. The van der Waals surface area contributed by atoms with Crippen LogP contribution in [0.4, 0.5) is 5.82 Å². The van der Waals surface area contributed by atoms with Crippen molar-refractivity contribution < 1.29 is 14.6 Å². The number of rotatable bonds is 8. The topological polar surface area (TPSA) is 88.4 Å². The Morgan fingerprint density at radius 3 is 2.93 bits per heavy atom. The summed E-state index contributed by atoms with van der Waals surface area (Å²) in [6.45, 7) is 2.15. The summed E-state index contributed by atoms with van der Waals surface area (Å²) in [5.41, 5.74) is 2.80. The molecule has 0 bridgehead atoms. The predicted molar refractivity (Wildman–Crippen MR) is 103 cm³/mol. The highest BCUT2D eigenvalue weighted by Gasteiger charge is 2.23. The average Bonchev–Trinajstić information content (AvgIpc) is 3.15. The van der Waals surface area contributed by atoms with Gasteiger partial charge in [-0.15, -0.1) is 0 Å². The van der Waals surface area contributed by atoms with Gasteiger partial charge in [0, 0.05) is 43.6 Å². The van der Waals surface area contributed by atoms with Gasteiger partial charge in [0.1, 0.15) is 17.3 Å². The van der Waals surface area contributed by atoms with Gasteiger partial charge in [0.05, 0.1) is 13.7 Å². The van der Waals surface area contributed by atoms with E-state index in [1.807, 2.05) is 24.9 Å². The van der Waals surface area contributed by atoms with Gasteiger partial charge in [-0.2, -0.15) is 0 Å². The number of Topliss-reactive ketones (excluding diaryl/α,β-unsaturated/α-hetero) is 1. The summed E-state index contributed by atoms with van der Waals surface area (Å²) in [5.74, 6) is 2.10. The summed E-state index contributed by atoms with van der Waals surface area (Å²) < 4.78 is 5.28. The van der Waals surface area contributed by atoms with E-state index in [0.717, 1.165) is 36.3 Å². The minimum Gasteiger partial charge on any atom is -0.497 e. The van der Waals surface area contributed by atoms with Crippen LogP contribution in [0, 0.1) is 5.92 Å². The molecule has 1 atom stereocenters. The number of likely N-dealkylation sites (N-methyl/N-ethyl adjacent to an activating group) is 1. The number of carbonyl (C=O) groups excluding carboxylic acids is 1. The normalized spacial score (nSPS) is 13.9. The fourth-order valence-electron chi connectivity index (χ4n) is 3.36. The number of aliphatic hydroxyl groups excluding tert-OH is 1. The van der Waals surface area contributed by atoms with E-state index in [2.05, 4.69) is 4.98 Å². The van der Waals surface area contributed by atoms with E-state index in [9.17, 15) is 4.79 Å². The summed E-state index contributed by atoms with van der Waals surface area (Å²) in [6, 6.07) is 3.60. The van der Waals surface area contributed by atoms with Gasteiger partial charge >= 0.3 is 0 Å². The van der Waals surface area contributed by atoms with Gasteiger partial charge in [-0.3, -0.25) is 9.78 Å². The second-order valence-corrected chi connectivity index (χ2v) is 7.12. The van der Waals surface area contributed by atoms with Gasteiger partial charge in [-0.25, -0.2) is 9.97 Å². The number of anilines is 1. The van der Waals surface area contributed by atoms with Crippen LogP contribution >= 0.6 is 0 Å². The lowest BCUT2D eigenvalue weighted by molar-refractivity contribution is -0.118. The number of aromatic nitrogens is 3. The minimum atomic E-state index is -0.0291. The molecule has 2 aromatic rings. The van der Waals surface area contributed by atoms with E-state index in [-0.39, 0.29) is 24.9 Å². The number of aliphatic hydroxyl groups is 1. The smallest absolute Gasteiger partial charge is 0.180 e. The van der Waals surface area contributed by atoms with Crippen molar-refractivity contribution in [2.45, 2.75) is 32.6 Å². The van der Waals surface area contributed by atoms with Gasteiger partial charge in [0.15, 0.2) is 11.6 Å². The molecule has 2 heterocycles. The summed E-state index contributed by atoms with van der Waals surface area (Å²) in [7, 11) is 3.49. The number of hydrogen-bond acceptors (Lipinski definition) is 7. The van der Waals surface area contributed by atoms with Crippen molar-refractivity contribution in [1.82, 2.24) is 15.0 Å². The zero-order chi connectivity index (χ0) is 19.4. The molecule has 0 aromatic carbocycles. The number of aryl methyl sites for hydroxylation is 1. The summed E-state index contributed by atoms with van der Waals surface area (Å²) in [5, 5.41) is 9.16. The molecule has 0 fully saturated rings. The van der Waals surface area contributed by atoms with E-state index < -0.39 is 0 Å². The van der Waals surface area contributed by atoms with E-state index >= 15 is 0 Å². The molecule has 0 amide bonds. The summed E-state index contributed by atoms with van der Waals surface area (Å²) in [4.78, 5) is 28.0. The Labute approximate surface area is 159 Å². The second-order valence-electron chi connectivity index (χ2n) is 7.12. The number of fused-ring (bicyclic) bond motifs is 1. The van der Waals surface area contributed by atoms with Crippen molar-refractivity contribution in [3.8, 4) is 17.3 Å². The number of nitrogens with zero attached hydrogens (tertiary/aromatic N) is 4. The SMILES string of the molecule is COc1ccnc(-c2nc3c(c(N(C)CC(=O)C[C@H](C)CO)n2)CCC3)c1. The minimum absolute atomic E-state index is 0.0179. The van der Waals surface area contributed by atoms with Crippen LogP contribution in [0.3, 0.4) is 0 Å². The standard InChI is InChI=1S/C20H26N4O3/c1-13(12-25)9-14(26)11-24(2)20-16-5-4-6-17(16)22-19(23-20)18-10-15(27-3)7-8-21-18/h7-8,10,13,25H,4-6,9,11-12H2,1-3H3/t13-/m0/s1. The zero-order valence-electron chi connectivity index (χ0n) is 16.1. The highest BCUT2D eigenvalue weighted by Crippen LogP contribution is 2.31. The largest absolute Gasteiger partial charge is 0.497 e. The van der Waals surface area contributed by atoms with Crippen LogP contribution in [-0.2, 0) is 17.6 Å². The molecule has 0 spiro atoms. The number of ether oxygens (including phenoxy) is 1. The first-order valence-corrected chi connectivity index (χ1v) is 9.25. The molecule has 0 aliphatic heterocycles. The molecule has 0 radical (unpaired) electrons. The average molecular weight is 370 g/mol. The Bertz CT molecular complexity index is 825. The Hall–Kier alpha value is -2.54. The van der Waals surface area contributed by atoms with Crippen LogP contribution in [0.25, 0.3) is 11.5 Å². The number of carbonyl (C=O) groups is 1. The van der Waals surface area contributed by atoms with Gasteiger partial charge in [-0.1, -0.05) is 6.92 Å². The van der Waals surface area contributed by atoms with Crippen molar-refractivity contribution in [2.75, 3.05) is 32.2 Å². The highest BCUT2D eigenvalue weighted by molar-refractivity contribution is 5.83. The van der Waals surface area contributed by atoms with E-state index in [1.165, 1.54) is 0 Å². The molecule has 27 heavy (non-hydrogen) atoms. The molecular weight excluding hydrogens is 344 g/mol. The Morgan fingerprint density at radius 2 is 2.19 bits per heavy atom. The van der Waals surface area contributed by atoms with E-state index in [1.54, 1.807) is 19.4 Å². The van der Waals surface area contributed by atoms with Gasteiger partial charge in [-0.05, 0) is 31.2 Å². The first-order chi connectivity index (χ1) is 13.0. The highest BCUT2D eigenvalue weighted by atomic mass is 16.5. The zero-order valence-corrected chi connectivity index (χ0v) is 16.1. The molecule has 144 valence electrons. The summed E-state index contributed by atoms with van der Waals surface area (Å²) in [6.07, 6.45) is 4.90. The molecule has 3 rings (SSSR count). The monoisotopic (exact) mass is 370 g/mol. The molecule has 0 saturated carbocycles. The van der Waals surface area contributed by atoms with Crippen LogP contribution in [0.5, 0.6) is 5.75 Å². The Balaban J connectivity index is 1.90. The maximum absolute atomic E-state index is 12.3. The maximum atomic E-state index is 12.3. The van der Waals surface area contributed by atoms with Crippen LogP contribution in [-0.4, -0.2) is 53.2 Å². The molecule has 7 nitrogen and oxygen atoms in total. The van der Waals surface area contributed by atoms with Crippen LogP contribution in [0.2, 0.25) is 0 Å². The van der Waals surface area contributed by atoms with Gasteiger partial charge in [0.2, 0.25) is 0 Å². The van der Waals surface area contributed by atoms with Crippen LogP contribution < -0.4 is 9.64 Å². The van der Waals surface area contributed by atoms with Crippen molar-refractivity contribution in [1.29, 1.82) is 0 Å². The molecular formula is C20H26N4O3. The quantitative estimate of drug-likeness (QED) is 0.761. The molecule has 7 heteroatoms. The van der Waals surface area contributed by atoms with Crippen molar-refractivity contribution in [3.63, 3.8) is 0 Å². The lowest BCUT2D eigenvalue weighted by atomic mass is 10.1. The lowest BCUT2D eigenvalue weighted by Gasteiger charge is -2.21. The fourth-order valence-corrected chi connectivity index (χ4v) is 3.36. The Morgan fingerprint density at radius 1 is 1.37 bits per heavy atom. The number of pyridine rings is 1. The van der Waals surface area contributed by atoms with Gasteiger partial charge < -0.3 is 14.7 Å². The first kappa shape index (κ1) is 19.2. The second kappa shape index (κ2) is 8.43. The van der Waals surface area contributed by atoms with Crippen LogP contribution in [0.1, 0.15) is 31.0 Å². The first-order valence-electron chi connectivity index (χ1n) is 9.25. The summed E-state index contributed by atoms with van der Waals surface area (Å²) >= 11 is 0. The lowest BCUT2D eigenvalue weighted by Crippen LogP contribution is -2.29. The molecule has 1 aliphatic carbocycles. The van der Waals surface area contributed by atoms with E-state index in [0.29, 0.717) is 23.7 Å². The number of hydrogen-bond donors (Lipinski definition) is 1. The van der Waals surface area contributed by atoms with Crippen molar-refractivity contribution in [2.24, 2.45) is 5.92 Å². The van der Waals surface area contributed by atoms with Crippen LogP contribution in [0.15, 0.2) is 18.3 Å². The number of ketones is 1. The van der Waals surface area contributed by atoms with Crippen molar-refractivity contribution in [3.05, 3.63) is 29.6 Å². The maximum Gasteiger partial charge on any atom is 0.180 e. The third-order valence-electron chi connectivity index (χ3n) is 4.77. The molecule has 2 aromatic heterocycles. The Kier molecular flexibility index (Phi) is 6.01. The third-order valence-corrected chi connectivity index (χ3v) is 4.77. The fraction of sp³-hybridized carbons (Fsp3) is 0.500. The molecule has 0 saturated heterocycles. The molecule has 0 unspecified atom stereocenters. The molecule has 1 N–H and O–H groups in total. The van der Waals surface area contributed by atoms with Gasteiger partial charge in [0.25, 0.3) is 0 Å². The number of methoxy groups -OCH3 is 1. The van der Waals surface area contributed by atoms with Crippen molar-refractivity contribution >= 4 is 11.6 Å². The third kappa shape index (κ3) is 4.42.